The van der Waals surface area contributed by atoms with E-state index in [0.29, 0.717) is 0 Å². The smallest absolute Gasteiger partial charge is 0.0323 e. The fourth-order valence-electron chi connectivity index (χ4n) is 0.836. The molecule has 0 atom stereocenters. The molecule has 10 heavy (non-hydrogen) atoms. The van der Waals surface area contributed by atoms with Crippen LogP contribution in [0.3, 0.4) is 0 Å². The molecule has 0 radical (unpaired) electrons. The van der Waals surface area contributed by atoms with Gasteiger partial charge in [0, 0.05) is 12.7 Å². The molecular weight excluding hydrogens is 122 g/mol. The monoisotopic (exact) mass is 137 g/mol. The van der Waals surface area contributed by atoms with E-state index in [1.165, 1.54) is 5.57 Å². The molecule has 0 aliphatic heterocycles. The van der Waals surface area contributed by atoms with Crippen molar-refractivity contribution in [3.63, 3.8) is 0 Å². The molecule has 0 aliphatic carbocycles. The number of hydrogen-bond acceptors (Lipinski definition) is 1. The van der Waals surface area contributed by atoms with Gasteiger partial charge in [-0.1, -0.05) is 24.8 Å². The quantitative estimate of drug-likeness (QED) is 0.588. The Balaban J connectivity index is 4.30. The van der Waals surface area contributed by atoms with Crippen molar-refractivity contribution in [2.45, 2.75) is 13.8 Å². The first-order chi connectivity index (χ1) is 4.76. The van der Waals surface area contributed by atoms with Gasteiger partial charge in [0.05, 0.1) is 0 Å². The van der Waals surface area contributed by atoms with Crippen LogP contribution in [0.25, 0.3) is 0 Å². The van der Waals surface area contributed by atoms with Crippen LogP contribution in [0, 0.1) is 0 Å². The number of allylic oxidation sites excluding steroid dienone is 4. The van der Waals surface area contributed by atoms with Crippen molar-refractivity contribution in [3.05, 3.63) is 36.1 Å². The Morgan fingerprint density at radius 1 is 1.50 bits per heavy atom. The van der Waals surface area contributed by atoms with E-state index in [-0.39, 0.29) is 0 Å². The van der Waals surface area contributed by atoms with Gasteiger partial charge in [0.1, 0.15) is 0 Å². The molecule has 0 amide bonds. The predicted molar refractivity (Wildman–Crippen MR) is 46.8 cm³/mol. The summed E-state index contributed by atoms with van der Waals surface area (Å²) in [6.45, 7) is 7.68. The third kappa shape index (κ3) is 2.53. The number of likely N-dealkylation sites (N-methyl/N-ethyl adjacent to an activating group) is 1. The topological polar surface area (TPSA) is 12.0 Å². The Bertz CT molecular complexity index is 164. The second-order valence-corrected chi connectivity index (χ2v) is 2.04. The summed E-state index contributed by atoms with van der Waals surface area (Å²) in [5, 5.41) is 3.08. The Morgan fingerprint density at radius 2 is 2.10 bits per heavy atom. The van der Waals surface area contributed by atoms with Gasteiger partial charge < -0.3 is 5.32 Å². The Labute approximate surface area is 63.1 Å². The predicted octanol–water partition coefficient (Wildman–Crippen LogP) is 2.24. The first-order valence-electron chi connectivity index (χ1n) is 3.40. The van der Waals surface area contributed by atoms with Gasteiger partial charge in [0.25, 0.3) is 0 Å². The lowest BCUT2D eigenvalue weighted by molar-refractivity contribution is 0.993. The van der Waals surface area contributed by atoms with Crippen LogP contribution in [0.15, 0.2) is 36.1 Å². The number of hydrogen-bond donors (Lipinski definition) is 1. The molecule has 0 unspecified atom stereocenters. The fraction of sp³-hybridized carbons (Fsp3) is 0.333. The van der Waals surface area contributed by atoms with Gasteiger partial charge in [-0.25, -0.2) is 0 Å². The minimum atomic E-state index is 1.15. The molecule has 0 aromatic heterocycles. The van der Waals surface area contributed by atoms with Crippen LogP contribution in [0.4, 0.5) is 0 Å². The van der Waals surface area contributed by atoms with Gasteiger partial charge in [-0.2, -0.15) is 0 Å². The lowest BCUT2D eigenvalue weighted by Gasteiger charge is -2.04. The molecule has 0 aromatic carbocycles. The second-order valence-electron chi connectivity index (χ2n) is 2.04. The minimum absolute atomic E-state index is 1.15. The van der Waals surface area contributed by atoms with Crippen molar-refractivity contribution >= 4 is 0 Å². The van der Waals surface area contributed by atoms with Gasteiger partial charge in [-0.05, 0) is 19.4 Å². The van der Waals surface area contributed by atoms with Crippen molar-refractivity contribution in [2.75, 3.05) is 7.05 Å². The van der Waals surface area contributed by atoms with Crippen molar-refractivity contribution in [1.82, 2.24) is 5.32 Å². The number of nitrogens with one attached hydrogen (secondary N) is 1. The molecule has 56 valence electrons. The van der Waals surface area contributed by atoms with E-state index in [9.17, 15) is 0 Å². The average Bonchev–Trinajstić information content (AvgIpc) is 1.91. The first-order valence-corrected chi connectivity index (χ1v) is 3.40. The molecule has 0 bridgehead atoms. The zero-order valence-corrected chi connectivity index (χ0v) is 6.94. The summed E-state index contributed by atoms with van der Waals surface area (Å²) in [6, 6.07) is 0. The van der Waals surface area contributed by atoms with Crippen LogP contribution >= 0.6 is 0 Å². The molecule has 0 fully saturated rings. The molecule has 0 saturated carbocycles. The van der Waals surface area contributed by atoms with Crippen molar-refractivity contribution < 1.29 is 0 Å². The van der Waals surface area contributed by atoms with Gasteiger partial charge >= 0.3 is 0 Å². The molecule has 0 spiro atoms. The Hall–Kier alpha value is -0.980. The largest absolute Gasteiger partial charge is 0.388 e. The molecule has 1 nitrogen and oxygen atoms in total. The van der Waals surface area contributed by atoms with Crippen molar-refractivity contribution in [1.29, 1.82) is 0 Å². The van der Waals surface area contributed by atoms with Crippen LogP contribution in [0.1, 0.15) is 13.8 Å². The molecule has 0 rings (SSSR count). The Morgan fingerprint density at radius 3 is 2.40 bits per heavy atom. The summed E-state index contributed by atoms with van der Waals surface area (Å²) in [5.74, 6) is 0. The Kier molecular flexibility index (Phi) is 4.38. The summed E-state index contributed by atoms with van der Waals surface area (Å²) >= 11 is 0. The highest BCUT2D eigenvalue weighted by atomic mass is 14.8. The summed E-state index contributed by atoms with van der Waals surface area (Å²) in [7, 11) is 1.91. The van der Waals surface area contributed by atoms with Gasteiger partial charge in [0.2, 0.25) is 0 Å². The van der Waals surface area contributed by atoms with E-state index >= 15 is 0 Å². The van der Waals surface area contributed by atoms with Gasteiger partial charge in [-0.15, -0.1) is 0 Å². The van der Waals surface area contributed by atoms with Crippen molar-refractivity contribution in [3.8, 4) is 0 Å². The molecule has 1 heteroatoms. The minimum Gasteiger partial charge on any atom is -0.388 e. The van der Waals surface area contributed by atoms with Gasteiger partial charge in [-0.3, -0.25) is 0 Å². The highest BCUT2D eigenvalue weighted by Crippen LogP contribution is 2.03. The van der Waals surface area contributed by atoms with E-state index < -0.39 is 0 Å². The highest BCUT2D eigenvalue weighted by Gasteiger charge is 1.90. The standard InChI is InChI=1S/C9H15N/c1-5-7-8(3)9(6-2)10-4/h5-7,10H,1H2,2-4H3/b8-7-,9-6-. The second kappa shape index (κ2) is 4.86. The van der Waals surface area contributed by atoms with Crippen molar-refractivity contribution in [2.24, 2.45) is 0 Å². The van der Waals surface area contributed by atoms with E-state index in [1.54, 1.807) is 6.08 Å². The maximum absolute atomic E-state index is 3.62. The summed E-state index contributed by atoms with van der Waals surface area (Å²) in [5.41, 5.74) is 2.36. The van der Waals surface area contributed by atoms with Crippen LogP contribution in [-0.2, 0) is 0 Å². The molecule has 1 N–H and O–H groups in total. The van der Waals surface area contributed by atoms with E-state index in [4.69, 9.17) is 0 Å². The zero-order chi connectivity index (χ0) is 7.98. The SMILES string of the molecule is C=C/C=C(C)\C(=C\C)NC. The molecule has 0 heterocycles. The average molecular weight is 137 g/mol. The highest BCUT2D eigenvalue weighted by molar-refractivity contribution is 5.29. The molecule has 0 aromatic rings. The summed E-state index contributed by atoms with van der Waals surface area (Å²) in [4.78, 5) is 0. The van der Waals surface area contributed by atoms with E-state index in [2.05, 4.69) is 11.9 Å². The number of rotatable bonds is 3. The molecule has 0 aliphatic rings. The van der Waals surface area contributed by atoms with Crippen LogP contribution in [0.5, 0.6) is 0 Å². The zero-order valence-electron chi connectivity index (χ0n) is 6.94. The lowest BCUT2D eigenvalue weighted by Crippen LogP contribution is -2.05. The third-order valence-electron chi connectivity index (χ3n) is 1.35. The van der Waals surface area contributed by atoms with Crippen LogP contribution in [0.2, 0.25) is 0 Å². The first kappa shape index (κ1) is 9.02. The summed E-state index contributed by atoms with van der Waals surface area (Å²) < 4.78 is 0. The normalized spacial score (nSPS) is 13.1. The van der Waals surface area contributed by atoms with Crippen LogP contribution < -0.4 is 5.32 Å². The summed E-state index contributed by atoms with van der Waals surface area (Å²) in [6.07, 6.45) is 5.80. The fourth-order valence-corrected chi connectivity index (χ4v) is 0.836. The molecule has 0 saturated heterocycles. The van der Waals surface area contributed by atoms with Crippen LogP contribution in [-0.4, -0.2) is 7.05 Å². The lowest BCUT2D eigenvalue weighted by atomic mass is 10.2. The molecular formula is C9H15N. The maximum atomic E-state index is 3.62. The van der Waals surface area contributed by atoms with E-state index in [0.717, 1.165) is 5.70 Å². The van der Waals surface area contributed by atoms with E-state index in [1.807, 2.05) is 33.0 Å². The maximum Gasteiger partial charge on any atom is 0.0323 e. The third-order valence-corrected chi connectivity index (χ3v) is 1.35. The van der Waals surface area contributed by atoms with Gasteiger partial charge in [0.15, 0.2) is 0 Å².